The number of phenols is 1. The van der Waals surface area contributed by atoms with Crippen LogP contribution in [0.25, 0.3) is 11.4 Å². The molecule has 1 aromatic carbocycles. The number of benzene rings is 1. The second-order valence-electron chi connectivity index (χ2n) is 3.08. The van der Waals surface area contributed by atoms with E-state index in [1.807, 2.05) is 0 Å². The van der Waals surface area contributed by atoms with Crippen molar-refractivity contribution in [2.45, 2.75) is 0 Å². The van der Waals surface area contributed by atoms with Crippen molar-refractivity contribution < 1.29 is 14.4 Å². The molecule has 0 aliphatic heterocycles. The van der Waals surface area contributed by atoms with E-state index in [0.29, 0.717) is 14.5 Å². The molecule has 0 spiro atoms. The van der Waals surface area contributed by atoms with Crippen LogP contribution in [0.3, 0.4) is 0 Å². The Morgan fingerprint density at radius 2 is 1.94 bits per heavy atom. The Bertz CT molecular complexity index is 574. The standard InChI is InChI=1S/C9H5Br2N3O3/c10-4-1-3(2-5(11)6(4)15)8-13-9(7(12)16)17-14-8/h1-2,15H,(H2,12,16). The van der Waals surface area contributed by atoms with Crippen LogP contribution in [0, 0.1) is 0 Å². The van der Waals surface area contributed by atoms with Gasteiger partial charge in [-0.05, 0) is 44.0 Å². The maximum Gasteiger partial charge on any atom is 0.316 e. The van der Waals surface area contributed by atoms with Crippen molar-refractivity contribution in [2.24, 2.45) is 5.73 Å². The van der Waals surface area contributed by atoms with Crippen LogP contribution in [0.5, 0.6) is 5.75 Å². The third-order valence-electron chi connectivity index (χ3n) is 1.91. The van der Waals surface area contributed by atoms with Crippen LogP contribution in [0.4, 0.5) is 0 Å². The number of rotatable bonds is 2. The predicted octanol–water partition coefficient (Wildman–Crippen LogP) is 2.07. The van der Waals surface area contributed by atoms with Crippen LogP contribution < -0.4 is 5.73 Å². The van der Waals surface area contributed by atoms with Gasteiger partial charge in [0.2, 0.25) is 5.82 Å². The highest BCUT2D eigenvalue weighted by Gasteiger charge is 2.15. The summed E-state index contributed by atoms with van der Waals surface area (Å²) < 4.78 is 5.59. The fraction of sp³-hybridized carbons (Fsp3) is 0. The molecule has 0 fully saturated rings. The SMILES string of the molecule is NC(=O)c1nc(-c2cc(Br)c(O)c(Br)c2)no1. The predicted molar refractivity (Wildman–Crippen MR) is 65.3 cm³/mol. The molecule has 0 unspecified atom stereocenters. The number of nitrogens with two attached hydrogens (primary N) is 1. The molecule has 2 aromatic rings. The number of amides is 1. The molecule has 0 aliphatic rings. The second kappa shape index (κ2) is 4.46. The topological polar surface area (TPSA) is 102 Å². The third kappa shape index (κ3) is 2.32. The van der Waals surface area contributed by atoms with E-state index in [4.69, 9.17) is 5.73 Å². The molecule has 0 aliphatic carbocycles. The highest BCUT2D eigenvalue weighted by Crippen LogP contribution is 2.35. The zero-order chi connectivity index (χ0) is 12.6. The summed E-state index contributed by atoms with van der Waals surface area (Å²) in [4.78, 5) is 14.6. The molecule has 2 rings (SSSR count). The number of aromatic nitrogens is 2. The summed E-state index contributed by atoms with van der Waals surface area (Å²) >= 11 is 6.34. The number of phenolic OH excluding ortho intramolecular Hbond substituents is 1. The molecule has 1 aromatic heterocycles. The number of carbonyl (C=O) groups excluding carboxylic acids is 1. The van der Waals surface area contributed by atoms with Gasteiger partial charge in [-0.15, -0.1) is 0 Å². The van der Waals surface area contributed by atoms with Crippen molar-refractivity contribution in [3.8, 4) is 17.1 Å². The van der Waals surface area contributed by atoms with Gasteiger partial charge < -0.3 is 15.4 Å². The summed E-state index contributed by atoms with van der Waals surface area (Å²) in [5.74, 6) is -0.784. The van der Waals surface area contributed by atoms with Gasteiger partial charge in [0.1, 0.15) is 5.75 Å². The summed E-state index contributed by atoms with van der Waals surface area (Å²) in [5.41, 5.74) is 5.56. The van der Waals surface area contributed by atoms with Crippen molar-refractivity contribution in [3.05, 3.63) is 27.0 Å². The summed E-state index contributed by atoms with van der Waals surface area (Å²) in [6.07, 6.45) is 0. The minimum Gasteiger partial charge on any atom is -0.506 e. The molecule has 3 N–H and O–H groups in total. The van der Waals surface area contributed by atoms with Crippen LogP contribution >= 0.6 is 31.9 Å². The molecule has 1 amide bonds. The normalized spacial score (nSPS) is 10.5. The lowest BCUT2D eigenvalue weighted by Crippen LogP contribution is -2.10. The Hall–Kier alpha value is -1.41. The highest BCUT2D eigenvalue weighted by atomic mass is 79.9. The fourth-order valence-electron chi connectivity index (χ4n) is 1.14. The lowest BCUT2D eigenvalue weighted by atomic mass is 10.2. The molecule has 0 saturated heterocycles. The molecular weight excluding hydrogens is 358 g/mol. The van der Waals surface area contributed by atoms with Gasteiger partial charge in [-0.1, -0.05) is 5.16 Å². The number of hydrogen-bond donors (Lipinski definition) is 2. The van der Waals surface area contributed by atoms with E-state index in [-0.39, 0.29) is 17.5 Å². The number of hydrogen-bond acceptors (Lipinski definition) is 5. The number of aromatic hydroxyl groups is 1. The first-order chi connectivity index (χ1) is 7.99. The highest BCUT2D eigenvalue weighted by molar-refractivity contribution is 9.11. The summed E-state index contributed by atoms with van der Waals surface area (Å²) in [6, 6.07) is 3.19. The Balaban J connectivity index is 2.49. The molecule has 17 heavy (non-hydrogen) atoms. The number of primary amides is 1. The summed E-state index contributed by atoms with van der Waals surface area (Å²) in [5, 5.41) is 13.1. The first kappa shape index (κ1) is 12.1. The van der Waals surface area contributed by atoms with Crippen LogP contribution in [0.15, 0.2) is 25.6 Å². The minimum atomic E-state index is -0.791. The maximum absolute atomic E-state index is 10.8. The zero-order valence-electron chi connectivity index (χ0n) is 8.15. The van der Waals surface area contributed by atoms with E-state index in [1.54, 1.807) is 12.1 Å². The number of carbonyl (C=O) groups is 1. The molecule has 1 heterocycles. The fourth-order valence-corrected chi connectivity index (χ4v) is 2.32. The van der Waals surface area contributed by atoms with Crippen LogP contribution in [0.1, 0.15) is 10.7 Å². The lowest BCUT2D eigenvalue weighted by Gasteiger charge is -2.02. The molecule has 88 valence electrons. The zero-order valence-corrected chi connectivity index (χ0v) is 11.3. The minimum absolute atomic E-state index is 0.0624. The molecule has 0 saturated carbocycles. The largest absolute Gasteiger partial charge is 0.506 e. The first-order valence-corrected chi connectivity index (χ1v) is 5.89. The average Bonchev–Trinajstić information content (AvgIpc) is 2.74. The summed E-state index contributed by atoms with van der Waals surface area (Å²) in [6.45, 7) is 0. The van der Waals surface area contributed by atoms with Crippen molar-refractivity contribution in [1.29, 1.82) is 0 Å². The molecule has 0 radical (unpaired) electrons. The van der Waals surface area contributed by atoms with Crippen LogP contribution in [-0.2, 0) is 0 Å². The van der Waals surface area contributed by atoms with E-state index in [1.165, 1.54) is 0 Å². The Labute approximate surface area is 112 Å². The van der Waals surface area contributed by atoms with Crippen molar-refractivity contribution in [3.63, 3.8) is 0 Å². The van der Waals surface area contributed by atoms with E-state index >= 15 is 0 Å². The third-order valence-corrected chi connectivity index (χ3v) is 3.12. The smallest absolute Gasteiger partial charge is 0.316 e. The van der Waals surface area contributed by atoms with E-state index < -0.39 is 5.91 Å². The average molecular weight is 363 g/mol. The Kier molecular flexibility index (Phi) is 3.16. The van der Waals surface area contributed by atoms with Crippen molar-refractivity contribution in [2.75, 3.05) is 0 Å². The Morgan fingerprint density at radius 1 is 1.35 bits per heavy atom. The van der Waals surface area contributed by atoms with Gasteiger partial charge in [-0.25, -0.2) is 0 Å². The molecule has 0 bridgehead atoms. The van der Waals surface area contributed by atoms with E-state index in [9.17, 15) is 9.90 Å². The van der Waals surface area contributed by atoms with Gasteiger partial charge in [-0.2, -0.15) is 4.98 Å². The quantitative estimate of drug-likeness (QED) is 0.851. The summed E-state index contributed by atoms with van der Waals surface area (Å²) in [7, 11) is 0. The van der Waals surface area contributed by atoms with Crippen LogP contribution in [-0.4, -0.2) is 21.2 Å². The maximum atomic E-state index is 10.8. The molecule has 6 nitrogen and oxygen atoms in total. The molecular formula is C9H5Br2N3O3. The van der Waals surface area contributed by atoms with E-state index in [2.05, 4.69) is 46.5 Å². The number of halogens is 2. The van der Waals surface area contributed by atoms with Crippen LogP contribution in [0.2, 0.25) is 0 Å². The second-order valence-corrected chi connectivity index (χ2v) is 4.78. The van der Waals surface area contributed by atoms with Gasteiger partial charge >= 0.3 is 11.8 Å². The van der Waals surface area contributed by atoms with Crippen molar-refractivity contribution >= 4 is 37.8 Å². The van der Waals surface area contributed by atoms with Gasteiger partial charge in [0.25, 0.3) is 0 Å². The monoisotopic (exact) mass is 361 g/mol. The molecule has 8 heteroatoms. The molecule has 0 atom stereocenters. The van der Waals surface area contributed by atoms with E-state index in [0.717, 1.165) is 0 Å². The van der Waals surface area contributed by atoms with Gasteiger partial charge in [0.05, 0.1) is 8.95 Å². The number of nitrogens with zero attached hydrogens (tertiary/aromatic N) is 2. The van der Waals surface area contributed by atoms with Gasteiger partial charge in [0.15, 0.2) is 0 Å². The van der Waals surface area contributed by atoms with Gasteiger partial charge in [-0.3, -0.25) is 4.79 Å². The van der Waals surface area contributed by atoms with Crippen molar-refractivity contribution in [1.82, 2.24) is 10.1 Å². The Morgan fingerprint density at radius 3 is 2.41 bits per heavy atom. The first-order valence-electron chi connectivity index (χ1n) is 4.31. The lowest BCUT2D eigenvalue weighted by molar-refractivity contribution is 0.0958. The van der Waals surface area contributed by atoms with Gasteiger partial charge in [0, 0.05) is 5.56 Å².